The molecular weight excluding hydrogens is 290 g/mol. The highest BCUT2D eigenvalue weighted by Gasteiger charge is 2.20. The van der Waals surface area contributed by atoms with E-state index in [4.69, 9.17) is 9.78 Å². The van der Waals surface area contributed by atoms with E-state index in [0.29, 0.717) is 17.0 Å². The lowest BCUT2D eigenvalue weighted by Gasteiger charge is -2.16. The number of hydrogen-bond acceptors (Lipinski definition) is 5. The van der Waals surface area contributed by atoms with Crippen LogP contribution < -0.4 is 0 Å². The summed E-state index contributed by atoms with van der Waals surface area (Å²) in [6.07, 6.45) is 0. The summed E-state index contributed by atoms with van der Waals surface area (Å²) in [5, 5.41) is 12.5. The number of nitrogens with zero attached hydrogens (tertiary/aromatic N) is 3. The maximum atomic E-state index is 12.2. The van der Waals surface area contributed by atoms with E-state index in [1.807, 2.05) is 6.07 Å². The Balaban J connectivity index is 2.11. The summed E-state index contributed by atoms with van der Waals surface area (Å²) in [6.45, 7) is 1.91. The van der Waals surface area contributed by atoms with Gasteiger partial charge in [-0.3, -0.25) is 0 Å². The van der Waals surface area contributed by atoms with Gasteiger partial charge in [0, 0.05) is 19.7 Å². The minimum Gasteiger partial charge on any atom is -0.361 e. The molecule has 0 aliphatic carbocycles. The van der Waals surface area contributed by atoms with E-state index in [9.17, 15) is 8.42 Å². The van der Waals surface area contributed by atoms with Gasteiger partial charge in [0.25, 0.3) is 0 Å². The Morgan fingerprint density at radius 1 is 1.38 bits per heavy atom. The number of aromatic nitrogens is 1. The molecule has 0 atom stereocenters. The van der Waals surface area contributed by atoms with Gasteiger partial charge in [-0.15, -0.1) is 0 Å². The molecule has 1 aromatic carbocycles. The molecule has 0 unspecified atom stereocenters. The number of sulfonamides is 1. The van der Waals surface area contributed by atoms with E-state index in [-0.39, 0.29) is 12.3 Å². The first-order chi connectivity index (χ1) is 9.90. The zero-order chi connectivity index (χ0) is 15.5. The van der Waals surface area contributed by atoms with E-state index < -0.39 is 10.0 Å². The van der Waals surface area contributed by atoms with Crippen LogP contribution in [0.1, 0.15) is 22.6 Å². The summed E-state index contributed by atoms with van der Waals surface area (Å²) in [5.41, 5.74) is 1.65. The van der Waals surface area contributed by atoms with Crippen molar-refractivity contribution in [1.82, 2.24) is 9.46 Å². The molecule has 110 valence electrons. The third-order valence-electron chi connectivity index (χ3n) is 2.94. The molecule has 0 aliphatic rings. The molecule has 0 bridgehead atoms. The van der Waals surface area contributed by atoms with Crippen LogP contribution in [0.5, 0.6) is 0 Å². The second kappa shape index (κ2) is 6.08. The van der Waals surface area contributed by atoms with Gasteiger partial charge in [-0.05, 0) is 24.6 Å². The monoisotopic (exact) mass is 305 g/mol. The molecule has 21 heavy (non-hydrogen) atoms. The molecule has 1 aromatic heterocycles. The number of aryl methyl sites for hydroxylation is 1. The van der Waals surface area contributed by atoms with Crippen molar-refractivity contribution < 1.29 is 12.9 Å². The lowest BCUT2D eigenvalue weighted by atomic mass is 10.1. The molecule has 6 nitrogen and oxygen atoms in total. The fourth-order valence-corrected chi connectivity index (χ4v) is 2.95. The highest BCUT2D eigenvalue weighted by Crippen LogP contribution is 2.14. The Morgan fingerprint density at radius 3 is 2.76 bits per heavy atom. The van der Waals surface area contributed by atoms with Gasteiger partial charge in [-0.1, -0.05) is 17.3 Å². The lowest BCUT2D eigenvalue weighted by Crippen LogP contribution is -2.27. The van der Waals surface area contributed by atoms with Crippen molar-refractivity contribution in [3.63, 3.8) is 0 Å². The van der Waals surface area contributed by atoms with Crippen LogP contribution in [0.15, 0.2) is 34.9 Å². The Morgan fingerprint density at radius 2 is 2.14 bits per heavy atom. The number of hydrogen-bond donors (Lipinski definition) is 0. The Bertz CT molecular complexity index is 775. The maximum Gasteiger partial charge on any atom is 0.220 e. The SMILES string of the molecule is Cc1cc(CS(=O)(=O)N(C)Cc2cccc(C#N)c2)no1. The van der Waals surface area contributed by atoms with Crippen molar-refractivity contribution >= 4 is 10.0 Å². The summed E-state index contributed by atoms with van der Waals surface area (Å²) >= 11 is 0. The summed E-state index contributed by atoms with van der Waals surface area (Å²) in [7, 11) is -1.99. The fraction of sp³-hybridized carbons (Fsp3) is 0.286. The quantitative estimate of drug-likeness (QED) is 0.840. The lowest BCUT2D eigenvalue weighted by molar-refractivity contribution is 0.391. The van der Waals surface area contributed by atoms with Crippen molar-refractivity contribution in [3.05, 3.63) is 52.9 Å². The third-order valence-corrected chi connectivity index (χ3v) is 4.68. The molecular formula is C14H15N3O3S. The highest BCUT2D eigenvalue weighted by molar-refractivity contribution is 7.88. The van der Waals surface area contributed by atoms with Crippen LogP contribution in [0.25, 0.3) is 0 Å². The maximum absolute atomic E-state index is 12.2. The summed E-state index contributed by atoms with van der Waals surface area (Å²) in [6, 6.07) is 10.5. The third kappa shape index (κ3) is 3.90. The van der Waals surface area contributed by atoms with E-state index >= 15 is 0 Å². The first-order valence-corrected chi connectivity index (χ1v) is 7.87. The standard InChI is InChI=1S/C14H15N3O3S/c1-11-6-14(16-20-11)10-21(18,19)17(2)9-13-5-3-4-12(7-13)8-15/h3-7H,9-10H2,1-2H3. The summed E-state index contributed by atoms with van der Waals surface area (Å²) in [4.78, 5) is 0. The Hall–Kier alpha value is -2.17. The zero-order valence-electron chi connectivity index (χ0n) is 11.8. The molecule has 1 heterocycles. The normalized spacial score (nSPS) is 11.5. The van der Waals surface area contributed by atoms with Gasteiger partial charge in [0.2, 0.25) is 10.0 Å². The van der Waals surface area contributed by atoms with E-state index in [1.165, 1.54) is 11.4 Å². The molecule has 0 saturated carbocycles. The molecule has 0 radical (unpaired) electrons. The van der Waals surface area contributed by atoms with Crippen molar-refractivity contribution in [2.45, 2.75) is 19.2 Å². The summed E-state index contributed by atoms with van der Waals surface area (Å²) in [5.74, 6) is 0.364. The molecule has 2 aromatic rings. The van der Waals surface area contributed by atoms with Crippen molar-refractivity contribution in [2.75, 3.05) is 7.05 Å². The van der Waals surface area contributed by atoms with E-state index in [1.54, 1.807) is 37.3 Å². The first-order valence-electron chi connectivity index (χ1n) is 6.26. The average molecular weight is 305 g/mol. The molecule has 0 aliphatic heterocycles. The fourth-order valence-electron chi connectivity index (χ4n) is 1.88. The average Bonchev–Trinajstić information content (AvgIpc) is 2.83. The van der Waals surface area contributed by atoms with Gasteiger partial charge >= 0.3 is 0 Å². The van der Waals surface area contributed by atoms with Crippen molar-refractivity contribution in [2.24, 2.45) is 0 Å². The van der Waals surface area contributed by atoms with Crippen LogP contribution in [0.4, 0.5) is 0 Å². The number of nitriles is 1. The van der Waals surface area contributed by atoms with Crippen molar-refractivity contribution in [1.29, 1.82) is 5.26 Å². The molecule has 0 amide bonds. The first kappa shape index (κ1) is 15.2. The summed E-state index contributed by atoms with van der Waals surface area (Å²) < 4.78 is 30.6. The van der Waals surface area contributed by atoms with Crippen LogP contribution in [0, 0.1) is 18.3 Å². The van der Waals surface area contributed by atoms with Crippen LogP contribution in [-0.4, -0.2) is 24.9 Å². The van der Waals surface area contributed by atoms with Gasteiger partial charge in [-0.25, -0.2) is 12.7 Å². The number of benzene rings is 1. The van der Waals surface area contributed by atoms with E-state index in [0.717, 1.165) is 5.56 Å². The minimum atomic E-state index is -3.49. The van der Waals surface area contributed by atoms with E-state index in [2.05, 4.69) is 5.16 Å². The van der Waals surface area contributed by atoms with Crippen molar-refractivity contribution in [3.8, 4) is 6.07 Å². The predicted octanol–water partition coefficient (Wildman–Crippen LogP) is 1.82. The van der Waals surface area contributed by atoms with Gasteiger partial charge in [0.05, 0.1) is 11.6 Å². The van der Waals surface area contributed by atoms with Crippen LogP contribution in [0.3, 0.4) is 0 Å². The molecule has 0 fully saturated rings. The molecule has 0 saturated heterocycles. The van der Waals surface area contributed by atoms with Crippen LogP contribution in [0.2, 0.25) is 0 Å². The topological polar surface area (TPSA) is 87.2 Å². The zero-order valence-corrected chi connectivity index (χ0v) is 12.6. The smallest absolute Gasteiger partial charge is 0.220 e. The van der Waals surface area contributed by atoms with Gasteiger partial charge < -0.3 is 4.52 Å². The van der Waals surface area contributed by atoms with Crippen LogP contribution >= 0.6 is 0 Å². The minimum absolute atomic E-state index is 0.203. The van der Waals surface area contributed by atoms with Gasteiger partial charge in [0.1, 0.15) is 17.2 Å². The highest BCUT2D eigenvalue weighted by atomic mass is 32.2. The molecule has 7 heteroatoms. The van der Waals surface area contributed by atoms with Crippen LogP contribution in [-0.2, 0) is 22.3 Å². The molecule has 0 spiro atoms. The molecule has 2 rings (SSSR count). The predicted molar refractivity (Wildman–Crippen MR) is 76.5 cm³/mol. The largest absolute Gasteiger partial charge is 0.361 e. The van der Waals surface area contributed by atoms with Gasteiger partial charge in [-0.2, -0.15) is 5.26 Å². The van der Waals surface area contributed by atoms with Gasteiger partial charge in [0.15, 0.2) is 0 Å². The Labute approximate surface area is 123 Å². The second-order valence-electron chi connectivity index (χ2n) is 4.75. The Kier molecular flexibility index (Phi) is 4.40. The molecule has 0 N–H and O–H groups in total. The number of rotatable bonds is 5. The second-order valence-corrected chi connectivity index (χ2v) is 6.83.